The van der Waals surface area contributed by atoms with Crippen molar-refractivity contribution in [3.05, 3.63) is 57.0 Å². The lowest BCUT2D eigenvalue weighted by molar-refractivity contribution is 0.191. The zero-order chi connectivity index (χ0) is 19.6. The highest BCUT2D eigenvalue weighted by Gasteiger charge is 2.12. The molecule has 0 bridgehead atoms. The molecule has 5 nitrogen and oxygen atoms in total. The summed E-state index contributed by atoms with van der Waals surface area (Å²) in [7, 11) is 1.63. The van der Waals surface area contributed by atoms with Crippen molar-refractivity contribution in [2.24, 2.45) is 0 Å². The molecule has 0 saturated carbocycles. The molecule has 148 valence electrons. The fraction of sp³-hybridized carbons (Fsp3) is 0.400. The molecule has 2 aromatic carbocycles. The predicted octanol–water partition coefficient (Wildman–Crippen LogP) is 3.75. The van der Waals surface area contributed by atoms with Crippen molar-refractivity contribution in [2.75, 3.05) is 26.7 Å². The average Bonchev–Trinajstić information content (AvgIpc) is 2.64. The minimum Gasteiger partial charge on any atom is -0.493 e. The number of nitrogens with one attached hydrogen (secondary N) is 2. The molecule has 27 heavy (non-hydrogen) atoms. The van der Waals surface area contributed by atoms with Gasteiger partial charge in [-0.05, 0) is 46.6 Å². The number of hydrogen-bond acceptors (Lipinski definition) is 5. The molecule has 0 amide bonds. The summed E-state index contributed by atoms with van der Waals surface area (Å²) in [5.41, 5.74) is 2.00. The number of halogens is 2. The van der Waals surface area contributed by atoms with Gasteiger partial charge in [-0.25, -0.2) is 0 Å². The lowest BCUT2D eigenvalue weighted by Crippen LogP contribution is -2.31. The highest BCUT2D eigenvalue weighted by Crippen LogP contribution is 2.37. The molecule has 0 aliphatic rings. The lowest BCUT2D eigenvalue weighted by atomic mass is 10.2. The zero-order valence-corrected chi connectivity index (χ0v) is 17.9. The fourth-order valence-electron chi connectivity index (χ4n) is 2.50. The third-order valence-electron chi connectivity index (χ3n) is 3.87. The van der Waals surface area contributed by atoms with Gasteiger partial charge in [-0.2, -0.15) is 0 Å². The second-order valence-corrected chi connectivity index (χ2v) is 7.48. The van der Waals surface area contributed by atoms with Crippen LogP contribution in [0.1, 0.15) is 18.1 Å². The SMILES string of the molecule is COc1cc(CNCCNC[C@@H](C)O)cc(Br)c1OCc1ccccc1Cl. The normalized spacial score (nSPS) is 12.0. The van der Waals surface area contributed by atoms with Crippen molar-refractivity contribution in [1.82, 2.24) is 10.6 Å². The molecular formula is C20H26BrClN2O3. The molecule has 2 aromatic rings. The van der Waals surface area contributed by atoms with Crippen LogP contribution in [-0.2, 0) is 13.2 Å². The van der Waals surface area contributed by atoms with Crippen LogP contribution in [0.25, 0.3) is 0 Å². The van der Waals surface area contributed by atoms with Gasteiger partial charge in [-0.3, -0.25) is 0 Å². The number of aliphatic hydroxyl groups excluding tert-OH is 1. The van der Waals surface area contributed by atoms with Gasteiger partial charge in [0.15, 0.2) is 11.5 Å². The second kappa shape index (κ2) is 11.5. The molecule has 2 rings (SSSR count). The Morgan fingerprint density at radius 1 is 1.19 bits per heavy atom. The Hall–Kier alpha value is -1.31. The summed E-state index contributed by atoms with van der Waals surface area (Å²) in [5.74, 6) is 1.32. The zero-order valence-electron chi connectivity index (χ0n) is 15.6. The summed E-state index contributed by atoms with van der Waals surface area (Å²) < 4.78 is 12.3. The van der Waals surface area contributed by atoms with E-state index in [1.165, 1.54) is 0 Å². The van der Waals surface area contributed by atoms with Crippen LogP contribution in [0.15, 0.2) is 40.9 Å². The predicted molar refractivity (Wildman–Crippen MR) is 113 cm³/mol. The van der Waals surface area contributed by atoms with E-state index in [9.17, 15) is 5.11 Å². The molecule has 7 heteroatoms. The standard InChI is InChI=1S/C20H26BrClN2O3/c1-14(25)11-23-7-8-24-12-15-9-17(21)20(19(10-15)26-2)27-13-16-5-3-4-6-18(16)22/h3-6,9-10,14,23-25H,7-8,11-13H2,1-2H3/t14-/m1/s1. The van der Waals surface area contributed by atoms with Crippen LogP contribution in [0.5, 0.6) is 11.5 Å². The molecule has 0 spiro atoms. The van der Waals surface area contributed by atoms with Crippen LogP contribution in [0.3, 0.4) is 0 Å². The Kier molecular flexibility index (Phi) is 9.38. The molecular weight excluding hydrogens is 432 g/mol. The minimum atomic E-state index is -0.330. The van der Waals surface area contributed by atoms with Gasteiger partial charge < -0.3 is 25.2 Å². The van der Waals surface area contributed by atoms with Crippen molar-refractivity contribution in [3.8, 4) is 11.5 Å². The number of methoxy groups -OCH3 is 1. The summed E-state index contributed by atoms with van der Waals surface area (Å²) >= 11 is 9.76. The third-order valence-corrected chi connectivity index (χ3v) is 4.82. The van der Waals surface area contributed by atoms with Crippen molar-refractivity contribution in [2.45, 2.75) is 26.2 Å². The van der Waals surface area contributed by atoms with Crippen LogP contribution < -0.4 is 20.1 Å². The Bertz CT molecular complexity index is 728. The maximum Gasteiger partial charge on any atom is 0.175 e. The molecule has 0 saturated heterocycles. The lowest BCUT2D eigenvalue weighted by Gasteiger charge is -2.15. The van der Waals surface area contributed by atoms with Crippen molar-refractivity contribution >= 4 is 27.5 Å². The van der Waals surface area contributed by atoms with Gasteiger partial charge in [0.05, 0.1) is 17.7 Å². The molecule has 0 unspecified atom stereocenters. The number of hydrogen-bond donors (Lipinski definition) is 3. The van der Waals surface area contributed by atoms with Gasteiger partial charge in [-0.15, -0.1) is 0 Å². The van der Waals surface area contributed by atoms with Gasteiger partial charge in [0.2, 0.25) is 0 Å². The van der Waals surface area contributed by atoms with E-state index in [0.29, 0.717) is 36.2 Å². The Morgan fingerprint density at radius 2 is 1.93 bits per heavy atom. The number of ether oxygens (including phenoxy) is 2. The average molecular weight is 458 g/mol. The fourth-order valence-corrected chi connectivity index (χ4v) is 3.30. The highest BCUT2D eigenvalue weighted by molar-refractivity contribution is 9.10. The van der Waals surface area contributed by atoms with Crippen molar-refractivity contribution in [3.63, 3.8) is 0 Å². The quantitative estimate of drug-likeness (QED) is 0.449. The van der Waals surface area contributed by atoms with Crippen molar-refractivity contribution < 1.29 is 14.6 Å². The van der Waals surface area contributed by atoms with E-state index in [1.807, 2.05) is 36.4 Å². The van der Waals surface area contributed by atoms with Gasteiger partial charge >= 0.3 is 0 Å². The van der Waals surface area contributed by atoms with Gasteiger partial charge in [0.1, 0.15) is 6.61 Å². The van der Waals surface area contributed by atoms with Crippen LogP contribution in [-0.4, -0.2) is 38.0 Å². The third kappa shape index (κ3) is 7.31. The molecule has 0 radical (unpaired) electrons. The van der Waals surface area contributed by atoms with E-state index >= 15 is 0 Å². The van der Waals surface area contributed by atoms with Crippen LogP contribution >= 0.6 is 27.5 Å². The van der Waals surface area contributed by atoms with E-state index in [-0.39, 0.29) is 6.10 Å². The van der Waals surface area contributed by atoms with E-state index in [0.717, 1.165) is 28.7 Å². The van der Waals surface area contributed by atoms with Crippen LogP contribution in [0.4, 0.5) is 0 Å². The summed E-state index contributed by atoms with van der Waals surface area (Å²) in [4.78, 5) is 0. The smallest absolute Gasteiger partial charge is 0.175 e. The summed E-state index contributed by atoms with van der Waals surface area (Å²) in [6.07, 6.45) is -0.330. The first-order valence-electron chi connectivity index (χ1n) is 8.83. The summed E-state index contributed by atoms with van der Waals surface area (Å²) in [6.45, 7) is 5.02. The van der Waals surface area contributed by atoms with Crippen LogP contribution in [0, 0.1) is 0 Å². The number of rotatable bonds is 11. The molecule has 1 atom stereocenters. The number of aliphatic hydroxyl groups is 1. The Balaban J connectivity index is 1.93. The molecule has 0 heterocycles. The Labute approximate surface area is 174 Å². The largest absolute Gasteiger partial charge is 0.493 e. The molecule has 0 aromatic heterocycles. The van der Waals surface area contributed by atoms with Crippen molar-refractivity contribution in [1.29, 1.82) is 0 Å². The van der Waals surface area contributed by atoms with E-state index in [2.05, 4.69) is 26.6 Å². The molecule has 0 aliphatic carbocycles. The van der Waals surface area contributed by atoms with E-state index in [1.54, 1.807) is 14.0 Å². The van der Waals surface area contributed by atoms with Crippen LogP contribution in [0.2, 0.25) is 5.02 Å². The first-order valence-corrected chi connectivity index (χ1v) is 10.0. The minimum absolute atomic E-state index is 0.330. The van der Waals surface area contributed by atoms with Gasteiger partial charge in [-0.1, -0.05) is 29.8 Å². The maximum atomic E-state index is 9.21. The van der Waals surface area contributed by atoms with Gasteiger partial charge in [0, 0.05) is 36.8 Å². The molecule has 0 aliphatic heterocycles. The first kappa shape index (κ1) is 22.0. The molecule has 0 fully saturated rings. The monoisotopic (exact) mass is 456 g/mol. The topological polar surface area (TPSA) is 62.8 Å². The first-order chi connectivity index (χ1) is 13.0. The Morgan fingerprint density at radius 3 is 2.63 bits per heavy atom. The summed E-state index contributed by atoms with van der Waals surface area (Å²) in [6, 6.07) is 11.6. The summed E-state index contributed by atoms with van der Waals surface area (Å²) in [5, 5.41) is 16.4. The highest BCUT2D eigenvalue weighted by atomic mass is 79.9. The number of benzene rings is 2. The van der Waals surface area contributed by atoms with Gasteiger partial charge in [0.25, 0.3) is 0 Å². The second-order valence-electron chi connectivity index (χ2n) is 6.22. The van der Waals surface area contributed by atoms with E-state index < -0.39 is 0 Å². The molecule has 3 N–H and O–H groups in total. The maximum absolute atomic E-state index is 9.21. The van der Waals surface area contributed by atoms with E-state index in [4.69, 9.17) is 21.1 Å².